The van der Waals surface area contributed by atoms with Gasteiger partial charge in [0.05, 0.1) is 13.7 Å². The molecule has 0 unspecified atom stereocenters. The molecule has 0 atom stereocenters. The van der Waals surface area contributed by atoms with Crippen LogP contribution in [0.2, 0.25) is 0 Å². The van der Waals surface area contributed by atoms with E-state index >= 15 is 0 Å². The van der Waals surface area contributed by atoms with E-state index in [2.05, 4.69) is 10.3 Å². The summed E-state index contributed by atoms with van der Waals surface area (Å²) in [5.41, 5.74) is 4.19. The van der Waals surface area contributed by atoms with Crippen molar-refractivity contribution in [2.75, 3.05) is 7.11 Å². The van der Waals surface area contributed by atoms with Gasteiger partial charge in [-0.25, -0.2) is 4.79 Å². The van der Waals surface area contributed by atoms with Gasteiger partial charge < -0.3 is 19.9 Å². The van der Waals surface area contributed by atoms with Crippen molar-refractivity contribution >= 4 is 16.9 Å². The fraction of sp³-hybridized carbons (Fsp3) is 0.185. The number of nitrogens with zero attached hydrogens (tertiary/aromatic N) is 1. The Hall–Kier alpha value is -4.06. The molecule has 168 valence electrons. The average molecular weight is 442 g/mol. The molecule has 0 saturated heterocycles. The predicted octanol–water partition coefficient (Wildman–Crippen LogP) is 4.76. The number of urea groups is 1. The number of carbonyl (C=O) groups is 1. The van der Waals surface area contributed by atoms with Gasteiger partial charge in [0.25, 0.3) is 5.56 Å². The highest BCUT2D eigenvalue weighted by molar-refractivity contribution is 5.80. The van der Waals surface area contributed by atoms with Crippen molar-refractivity contribution in [1.29, 1.82) is 0 Å². The highest BCUT2D eigenvalue weighted by Gasteiger charge is 2.17. The van der Waals surface area contributed by atoms with Crippen molar-refractivity contribution in [3.8, 4) is 5.75 Å². The maximum Gasteiger partial charge on any atom is 0.318 e. The molecule has 2 amide bonds. The molecule has 0 saturated carbocycles. The Bertz CT molecular complexity index is 1300. The second-order valence-corrected chi connectivity index (χ2v) is 8.06. The van der Waals surface area contributed by atoms with E-state index in [0.717, 1.165) is 33.3 Å². The fourth-order valence-electron chi connectivity index (χ4n) is 3.73. The van der Waals surface area contributed by atoms with E-state index in [1.54, 1.807) is 12.0 Å². The summed E-state index contributed by atoms with van der Waals surface area (Å²) in [5, 5.41) is 3.92. The first-order chi connectivity index (χ1) is 16.0. The number of pyridine rings is 1. The van der Waals surface area contributed by atoms with Crippen LogP contribution in [0.15, 0.2) is 83.7 Å². The lowest BCUT2D eigenvalue weighted by atomic mass is 10.1. The van der Waals surface area contributed by atoms with Gasteiger partial charge in [-0.15, -0.1) is 0 Å². The molecular formula is C27H27N3O3. The molecule has 4 aromatic rings. The summed E-state index contributed by atoms with van der Waals surface area (Å²) in [6.07, 6.45) is 0. The van der Waals surface area contributed by atoms with Crippen LogP contribution in [-0.4, -0.2) is 23.0 Å². The number of rotatable bonds is 7. The topological polar surface area (TPSA) is 74.4 Å². The number of amides is 2. The van der Waals surface area contributed by atoms with Crippen molar-refractivity contribution in [2.24, 2.45) is 0 Å². The normalized spacial score (nSPS) is 10.7. The molecule has 3 aromatic carbocycles. The highest BCUT2D eigenvalue weighted by atomic mass is 16.5. The summed E-state index contributed by atoms with van der Waals surface area (Å²) >= 11 is 0. The van der Waals surface area contributed by atoms with Crippen molar-refractivity contribution in [2.45, 2.75) is 26.6 Å². The van der Waals surface area contributed by atoms with Gasteiger partial charge in [-0.1, -0.05) is 54.1 Å². The maximum absolute atomic E-state index is 13.2. The molecule has 0 aliphatic rings. The molecule has 0 radical (unpaired) electrons. The van der Waals surface area contributed by atoms with E-state index in [1.807, 2.05) is 85.8 Å². The number of carbonyl (C=O) groups excluding carboxylic acids is 1. The highest BCUT2D eigenvalue weighted by Crippen LogP contribution is 2.17. The van der Waals surface area contributed by atoms with Gasteiger partial charge >= 0.3 is 6.03 Å². The lowest BCUT2D eigenvalue weighted by Crippen LogP contribution is -2.39. The third-order valence-electron chi connectivity index (χ3n) is 5.54. The van der Waals surface area contributed by atoms with Crippen LogP contribution in [0.4, 0.5) is 4.79 Å². The average Bonchev–Trinajstić information content (AvgIpc) is 2.84. The molecule has 0 spiro atoms. The third kappa shape index (κ3) is 5.60. The molecular weight excluding hydrogens is 414 g/mol. The Morgan fingerprint density at radius 1 is 0.939 bits per heavy atom. The molecule has 0 bridgehead atoms. The number of fused-ring (bicyclic) bond motifs is 1. The Morgan fingerprint density at radius 2 is 1.70 bits per heavy atom. The Morgan fingerprint density at radius 3 is 2.42 bits per heavy atom. The minimum atomic E-state index is -0.238. The molecule has 0 aliphatic heterocycles. The first-order valence-corrected chi connectivity index (χ1v) is 10.8. The fourth-order valence-corrected chi connectivity index (χ4v) is 3.73. The standard InChI is InChI=1S/C27H27N3O3/c1-19-8-13-25-22(14-19)15-23(26(31)29-25)18-30(17-21-9-11-24(33-2)12-10-21)27(32)28-16-20-6-4-3-5-7-20/h3-15H,16-18H2,1-2H3,(H,28,32)(H,29,31). The Labute approximate surface area is 192 Å². The first kappa shape index (κ1) is 22.1. The summed E-state index contributed by atoms with van der Waals surface area (Å²) in [5.74, 6) is 0.750. The molecule has 0 fully saturated rings. The number of H-pyrrole nitrogens is 1. The van der Waals surface area contributed by atoms with Gasteiger partial charge in [0, 0.05) is 24.2 Å². The molecule has 0 aliphatic carbocycles. The van der Waals surface area contributed by atoms with Crippen molar-refractivity contribution in [3.05, 3.63) is 111 Å². The second kappa shape index (κ2) is 10.0. The SMILES string of the molecule is COc1ccc(CN(Cc2cc3cc(C)ccc3[nH]c2=O)C(=O)NCc2ccccc2)cc1. The number of aryl methyl sites for hydroxylation is 1. The van der Waals surface area contributed by atoms with Crippen LogP contribution >= 0.6 is 0 Å². The lowest BCUT2D eigenvalue weighted by molar-refractivity contribution is 0.191. The van der Waals surface area contributed by atoms with Gasteiger partial charge in [-0.3, -0.25) is 4.79 Å². The summed E-state index contributed by atoms with van der Waals surface area (Å²) < 4.78 is 5.23. The Kier molecular flexibility index (Phi) is 6.74. The zero-order chi connectivity index (χ0) is 23.2. The van der Waals surface area contributed by atoms with Gasteiger partial charge in [-0.2, -0.15) is 0 Å². The quantitative estimate of drug-likeness (QED) is 0.434. The van der Waals surface area contributed by atoms with Crippen LogP contribution in [0.5, 0.6) is 5.75 Å². The number of hydrogen-bond donors (Lipinski definition) is 2. The van der Waals surface area contributed by atoms with Crippen molar-refractivity contribution in [1.82, 2.24) is 15.2 Å². The van der Waals surface area contributed by atoms with Gasteiger partial charge in [0.15, 0.2) is 0 Å². The first-order valence-electron chi connectivity index (χ1n) is 10.8. The van der Waals surface area contributed by atoms with E-state index in [-0.39, 0.29) is 18.1 Å². The third-order valence-corrected chi connectivity index (χ3v) is 5.54. The summed E-state index contributed by atoms with van der Waals surface area (Å²) in [7, 11) is 1.62. The van der Waals surface area contributed by atoms with Gasteiger partial charge in [0.2, 0.25) is 0 Å². The number of hydrogen-bond acceptors (Lipinski definition) is 3. The van der Waals surface area contributed by atoms with Crippen LogP contribution in [0.25, 0.3) is 10.9 Å². The second-order valence-electron chi connectivity index (χ2n) is 8.06. The van der Waals surface area contributed by atoms with Crippen LogP contribution in [0.3, 0.4) is 0 Å². The monoisotopic (exact) mass is 441 g/mol. The molecule has 1 aromatic heterocycles. The molecule has 33 heavy (non-hydrogen) atoms. The lowest BCUT2D eigenvalue weighted by Gasteiger charge is -2.23. The molecule has 4 rings (SSSR count). The summed E-state index contributed by atoms with van der Waals surface area (Å²) in [6, 6.07) is 24.8. The van der Waals surface area contributed by atoms with Crippen LogP contribution in [-0.2, 0) is 19.6 Å². The van der Waals surface area contributed by atoms with E-state index < -0.39 is 0 Å². The van der Waals surface area contributed by atoms with E-state index in [1.165, 1.54) is 0 Å². The molecule has 1 heterocycles. The number of benzene rings is 3. The molecule has 2 N–H and O–H groups in total. The van der Waals surface area contributed by atoms with E-state index in [4.69, 9.17) is 4.74 Å². The van der Waals surface area contributed by atoms with E-state index in [0.29, 0.717) is 18.7 Å². The minimum absolute atomic E-state index is 0.186. The zero-order valence-electron chi connectivity index (χ0n) is 18.8. The number of aromatic amines is 1. The largest absolute Gasteiger partial charge is 0.497 e. The van der Waals surface area contributed by atoms with Gasteiger partial charge in [0.1, 0.15) is 5.75 Å². The number of ether oxygens (including phenoxy) is 1. The van der Waals surface area contributed by atoms with Crippen molar-refractivity contribution < 1.29 is 9.53 Å². The number of methoxy groups -OCH3 is 1. The molecule has 6 nitrogen and oxygen atoms in total. The summed E-state index contributed by atoms with van der Waals surface area (Å²) in [4.78, 5) is 30.5. The van der Waals surface area contributed by atoms with Crippen LogP contribution < -0.4 is 15.6 Å². The van der Waals surface area contributed by atoms with Gasteiger partial charge in [-0.05, 0) is 53.8 Å². The van der Waals surface area contributed by atoms with Crippen molar-refractivity contribution in [3.63, 3.8) is 0 Å². The Balaban J connectivity index is 1.59. The smallest absolute Gasteiger partial charge is 0.318 e. The summed E-state index contributed by atoms with van der Waals surface area (Å²) in [6.45, 7) is 2.96. The van der Waals surface area contributed by atoms with Crippen LogP contribution in [0.1, 0.15) is 22.3 Å². The van der Waals surface area contributed by atoms with Crippen LogP contribution in [0, 0.1) is 6.92 Å². The molecule has 6 heteroatoms. The van der Waals surface area contributed by atoms with E-state index in [9.17, 15) is 9.59 Å². The zero-order valence-corrected chi connectivity index (χ0v) is 18.8. The number of nitrogens with one attached hydrogen (secondary N) is 2. The minimum Gasteiger partial charge on any atom is -0.497 e. The predicted molar refractivity (Wildman–Crippen MR) is 130 cm³/mol. The number of aromatic nitrogens is 1. The maximum atomic E-state index is 13.2.